The van der Waals surface area contributed by atoms with Crippen LogP contribution in [0.3, 0.4) is 0 Å². The summed E-state index contributed by atoms with van der Waals surface area (Å²) in [4.78, 5) is 45.9. The number of fused-ring (bicyclic) bond motifs is 2. The summed E-state index contributed by atoms with van der Waals surface area (Å²) in [5.74, 6) is -0.0318. The Labute approximate surface area is 207 Å². The number of carbonyl (C=O) groups excluding carboxylic acids is 3. The van der Waals surface area contributed by atoms with E-state index < -0.39 is 0 Å². The van der Waals surface area contributed by atoms with Gasteiger partial charge < -0.3 is 29.3 Å². The van der Waals surface area contributed by atoms with E-state index in [2.05, 4.69) is 10.3 Å². The minimum Gasteiger partial charge on any atom is -0.490 e. The molecular formula is C24H28N4O6S. The van der Waals surface area contributed by atoms with Gasteiger partial charge in [-0.2, -0.15) is 0 Å². The van der Waals surface area contributed by atoms with Crippen LogP contribution < -0.4 is 10.1 Å². The van der Waals surface area contributed by atoms with E-state index in [0.717, 1.165) is 0 Å². The monoisotopic (exact) mass is 500 g/mol. The molecule has 0 bridgehead atoms. The number of ether oxygens (including phenoxy) is 3. The summed E-state index contributed by atoms with van der Waals surface area (Å²) >= 11 is 1.34. The van der Waals surface area contributed by atoms with Crippen LogP contribution in [0, 0.1) is 0 Å². The van der Waals surface area contributed by atoms with Gasteiger partial charge in [-0.3, -0.25) is 14.4 Å². The first-order valence-corrected chi connectivity index (χ1v) is 12.7. The highest BCUT2D eigenvalue weighted by atomic mass is 32.1. The molecule has 0 spiro atoms. The van der Waals surface area contributed by atoms with Gasteiger partial charge >= 0.3 is 0 Å². The van der Waals surface area contributed by atoms with Crippen LogP contribution in [0.25, 0.3) is 0 Å². The average molecular weight is 501 g/mol. The molecular weight excluding hydrogens is 472 g/mol. The molecule has 3 atom stereocenters. The number of rotatable bonds is 4. The fourth-order valence-electron chi connectivity index (χ4n) is 4.76. The van der Waals surface area contributed by atoms with E-state index >= 15 is 0 Å². The zero-order chi connectivity index (χ0) is 24.4. The quantitative estimate of drug-likeness (QED) is 0.684. The van der Waals surface area contributed by atoms with Crippen molar-refractivity contribution in [3.63, 3.8) is 0 Å². The highest BCUT2D eigenvalue weighted by Crippen LogP contribution is 2.32. The van der Waals surface area contributed by atoms with Gasteiger partial charge in [0.2, 0.25) is 5.91 Å². The largest absolute Gasteiger partial charge is 0.490 e. The number of nitrogens with zero attached hydrogens (tertiary/aromatic N) is 3. The van der Waals surface area contributed by atoms with Crippen LogP contribution in [0.4, 0.5) is 5.69 Å². The molecule has 2 fully saturated rings. The molecule has 11 heteroatoms. The van der Waals surface area contributed by atoms with Crippen molar-refractivity contribution < 1.29 is 28.6 Å². The molecule has 10 nitrogen and oxygen atoms in total. The van der Waals surface area contributed by atoms with Crippen LogP contribution in [0.1, 0.15) is 40.1 Å². The van der Waals surface area contributed by atoms with E-state index in [1.807, 2.05) is 4.90 Å². The summed E-state index contributed by atoms with van der Waals surface area (Å²) in [6.45, 7) is 2.63. The Morgan fingerprint density at radius 2 is 2.06 bits per heavy atom. The molecule has 1 N–H and O–H groups in total. The first-order chi connectivity index (χ1) is 17.0. The van der Waals surface area contributed by atoms with Gasteiger partial charge in [0.1, 0.15) is 24.2 Å². The molecule has 5 rings (SSSR count). The van der Waals surface area contributed by atoms with Gasteiger partial charge in [-0.05, 0) is 31.0 Å². The second kappa shape index (κ2) is 10.3. The highest BCUT2D eigenvalue weighted by Gasteiger charge is 2.39. The lowest BCUT2D eigenvalue weighted by atomic mass is 9.94. The van der Waals surface area contributed by atoms with Gasteiger partial charge in [-0.1, -0.05) is 0 Å². The first-order valence-electron chi connectivity index (χ1n) is 11.7. The Hall–Kier alpha value is -3.02. The van der Waals surface area contributed by atoms with Crippen molar-refractivity contribution in [2.75, 3.05) is 45.3 Å². The fraction of sp³-hybridized carbons (Fsp3) is 0.500. The normalized spacial score (nSPS) is 24.5. The maximum Gasteiger partial charge on any atom is 0.275 e. The lowest BCUT2D eigenvalue weighted by Crippen LogP contribution is -2.54. The number of likely N-dealkylation sites (N-methyl/N-ethyl adjacent to an activating group) is 1. The van der Waals surface area contributed by atoms with Crippen LogP contribution in [0.2, 0.25) is 0 Å². The van der Waals surface area contributed by atoms with Crippen molar-refractivity contribution in [3.05, 3.63) is 40.3 Å². The van der Waals surface area contributed by atoms with Gasteiger partial charge in [0.25, 0.3) is 11.8 Å². The molecule has 0 saturated carbocycles. The predicted octanol–water partition coefficient (Wildman–Crippen LogP) is 2.02. The number of amides is 3. The standard InChI is InChI=1S/C24H28N4O6S/c1-27-19-4-3-16(11-22(29)28-6-8-32-9-7-28)34-21(19)12-33-20-5-2-15(10-17(20)24(27)31)26-23(30)18-13-35-14-25-18/h2,5,10,13-14,16,19,21H,3-4,6-9,11-12H2,1H3,(H,26,30)/t16-,19+,21+/m1/s1. The van der Waals surface area contributed by atoms with E-state index in [1.54, 1.807) is 41.0 Å². The predicted molar refractivity (Wildman–Crippen MR) is 128 cm³/mol. The Bertz CT molecular complexity index is 1090. The zero-order valence-corrected chi connectivity index (χ0v) is 20.3. The SMILES string of the molecule is CN1C(=O)c2cc(NC(=O)c3cscn3)ccc2OC[C@@H]2O[C@@H](CC(=O)N3CCOCC3)CC[C@@H]21. The topological polar surface area (TPSA) is 110 Å². The molecule has 186 valence electrons. The molecule has 0 aliphatic carbocycles. The molecule has 2 saturated heterocycles. The number of anilines is 1. The van der Waals surface area contributed by atoms with Crippen molar-refractivity contribution in [2.45, 2.75) is 37.5 Å². The van der Waals surface area contributed by atoms with Crippen LogP contribution in [-0.4, -0.2) is 90.7 Å². The van der Waals surface area contributed by atoms with Crippen LogP contribution in [-0.2, 0) is 14.3 Å². The maximum absolute atomic E-state index is 13.4. The van der Waals surface area contributed by atoms with Crippen molar-refractivity contribution >= 4 is 34.7 Å². The Kier molecular flexibility index (Phi) is 6.98. The Morgan fingerprint density at radius 3 is 2.83 bits per heavy atom. The molecule has 0 radical (unpaired) electrons. The summed E-state index contributed by atoms with van der Waals surface area (Å²) in [6, 6.07) is 4.84. The van der Waals surface area contributed by atoms with Crippen molar-refractivity contribution in [3.8, 4) is 5.75 Å². The van der Waals surface area contributed by atoms with Crippen molar-refractivity contribution in [1.82, 2.24) is 14.8 Å². The molecule has 1 aromatic carbocycles. The lowest BCUT2D eigenvalue weighted by Gasteiger charge is -2.42. The first kappa shape index (κ1) is 23.7. The molecule has 2 aromatic rings. The number of hydrogen-bond acceptors (Lipinski definition) is 8. The molecule has 1 aromatic heterocycles. The minimum atomic E-state index is -0.336. The third kappa shape index (κ3) is 5.16. The zero-order valence-electron chi connectivity index (χ0n) is 19.5. The van der Waals surface area contributed by atoms with Crippen LogP contribution in [0.5, 0.6) is 5.75 Å². The second-order valence-corrected chi connectivity index (χ2v) is 9.62. The maximum atomic E-state index is 13.4. The molecule has 3 amide bonds. The average Bonchev–Trinajstić information content (AvgIpc) is 3.42. The lowest BCUT2D eigenvalue weighted by molar-refractivity contribution is -0.146. The van der Waals surface area contributed by atoms with E-state index in [4.69, 9.17) is 14.2 Å². The Balaban J connectivity index is 1.27. The molecule has 4 heterocycles. The van der Waals surface area contributed by atoms with E-state index in [0.29, 0.717) is 68.3 Å². The van der Waals surface area contributed by atoms with Gasteiger partial charge in [-0.25, -0.2) is 4.98 Å². The number of hydrogen-bond donors (Lipinski definition) is 1. The van der Waals surface area contributed by atoms with Crippen molar-refractivity contribution in [1.29, 1.82) is 0 Å². The third-order valence-electron chi connectivity index (χ3n) is 6.70. The smallest absolute Gasteiger partial charge is 0.275 e. The molecule has 35 heavy (non-hydrogen) atoms. The van der Waals surface area contributed by atoms with Crippen molar-refractivity contribution in [2.24, 2.45) is 0 Å². The third-order valence-corrected chi connectivity index (χ3v) is 7.29. The highest BCUT2D eigenvalue weighted by molar-refractivity contribution is 7.07. The van der Waals surface area contributed by atoms with Gasteiger partial charge in [0.05, 0.1) is 42.9 Å². The van der Waals surface area contributed by atoms with Crippen LogP contribution in [0.15, 0.2) is 29.1 Å². The minimum absolute atomic E-state index is 0.0746. The van der Waals surface area contributed by atoms with Crippen LogP contribution >= 0.6 is 11.3 Å². The molecule has 0 unspecified atom stereocenters. The van der Waals surface area contributed by atoms with E-state index in [-0.39, 0.29) is 42.6 Å². The number of thiazole rings is 1. The van der Waals surface area contributed by atoms with E-state index in [9.17, 15) is 14.4 Å². The number of nitrogens with one attached hydrogen (secondary N) is 1. The van der Waals surface area contributed by atoms with Gasteiger partial charge in [0.15, 0.2) is 0 Å². The number of carbonyl (C=O) groups is 3. The summed E-state index contributed by atoms with van der Waals surface area (Å²) in [7, 11) is 1.76. The summed E-state index contributed by atoms with van der Waals surface area (Å²) < 4.78 is 17.6. The summed E-state index contributed by atoms with van der Waals surface area (Å²) in [6.07, 6.45) is 1.18. The number of morpholine rings is 1. The molecule has 3 aliphatic heterocycles. The van der Waals surface area contributed by atoms with E-state index in [1.165, 1.54) is 11.3 Å². The number of aromatic nitrogens is 1. The van der Waals surface area contributed by atoms with Gasteiger partial charge in [0, 0.05) is 31.2 Å². The van der Waals surface area contributed by atoms with Gasteiger partial charge in [-0.15, -0.1) is 11.3 Å². The molecule has 3 aliphatic rings. The summed E-state index contributed by atoms with van der Waals surface area (Å²) in [5.41, 5.74) is 2.79. The summed E-state index contributed by atoms with van der Waals surface area (Å²) in [5, 5.41) is 4.45. The second-order valence-electron chi connectivity index (χ2n) is 8.90. The number of benzene rings is 1. The Morgan fingerprint density at radius 1 is 1.23 bits per heavy atom. The fourth-order valence-corrected chi connectivity index (χ4v) is 5.29.